The Bertz CT molecular complexity index is 730. The number of alkyl halides is 2. The number of sulfonamides is 1. The maximum Gasteiger partial charge on any atom is 0.387 e. The standard InChI is InChI=1S/C14H18F3N3O4S/c1-18-25(22,23)9-5-6-20(8-9)14(21)19-7-10-11(15)3-2-4-12(10)24-13(16)17/h2-4,9,13,18H,5-8H2,1H3,(H,19,21). The molecule has 1 aliphatic rings. The molecule has 0 bridgehead atoms. The maximum absolute atomic E-state index is 13.8. The summed E-state index contributed by atoms with van der Waals surface area (Å²) < 4.78 is 68.5. The number of rotatable bonds is 6. The first-order chi connectivity index (χ1) is 11.7. The van der Waals surface area contributed by atoms with Crippen LogP contribution in [0.25, 0.3) is 0 Å². The van der Waals surface area contributed by atoms with Crippen LogP contribution >= 0.6 is 0 Å². The third kappa shape index (κ3) is 4.75. The molecule has 0 aromatic heterocycles. The number of carbonyl (C=O) groups excluding carboxylic acids is 1. The highest BCUT2D eigenvalue weighted by molar-refractivity contribution is 7.90. The Hall–Kier alpha value is -2.01. The van der Waals surface area contributed by atoms with E-state index in [1.54, 1.807) is 0 Å². The normalized spacial score (nSPS) is 17.8. The molecule has 11 heteroatoms. The van der Waals surface area contributed by atoms with Gasteiger partial charge in [-0.2, -0.15) is 8.78 Å². The van der Waals surface area contributed by atoms with E-state index < -0.39 is 33.7 Å². The Morgan fingerprint density at radius 3 is 2.80 bits per heavy atom. The van der Waals surface area contributed by atoms with Gasteiger partial charge in [-0.1, -0.05) is 6.07 Å². The number of amides is 2. The molecule has 1 saturated heterocycles. The molecule has 1 aromatic carbocycles. The van der Waals surface area contributed by atoms with E-state index in [1.165, 1.54) is 24.1 Å². The van der Waals surface area contributed by atoms with E-state index in [1.807, 2.05) is 0 Å². The van der Waals surface area contributed by atoms with Crippen molar-refractivity contribution < 1.29 is 31.1 Å². The average Bonchev–Trinajstić information content (AvgIpc) is 3.04. The smallest absolute Gasteiger partial charge is 0.387 e. The first-order valence-corrected chi connectivity index (χ1v) is 8.96. The van der Waals surface area contributed by atoms with Crippen LogP contribution in [-0.4, -0.2) is 51.3 Å². The van der Waals surface area contributed by atoms with Gasteiger partial charge in [-0.05, 0) is 25.6 Å². The number of hydrogen-bond donors (Lipinski definition) is 2. The molecule has 25 heavy (non-hydrogen) atoms. The maximum atomic E-state index is 13.8. The minimum Gasteiger partial charge on any atom is -0.434 e. The lowest BCUT2D eigenvalue weighted by Crippen LogP contribution is -2.40. The predicted octanol–water partition coefficient (Wildman–Crippen LogP) is 1.26. The Balaban J connectivity index is 1.99. The van der Waals surface area contributed by atoms with E-state index in [4.69, 9.17) is 0 Å². The fraction of sp³-hybridized carbons (Fsp3) is 0.500. The van der Waals surface area contributed by atoms with Crippen molar-refractivity contribution in [3.05, 3.63) is 29.6 Å². The van der Waals surface area contributed by atoms with Crippen molar-refractivity contribution in [2.24, 2.45) is 0 Å². The first-order valence-electron chi connectivity index (χ1n) is 7.42. The summed E-state index contributed by atoms with van der Waals surface area (Å²) in [6.07, 6.45) is 0.274. The molecular formula is C14H18F3N3O4S. The van der Waals surface area contributed by atoms with Crippen molar-refractivity contribution in [1.82, 2.24) is 14.9 Å². The molecule has 1 aromatic rings. The highest BCUT2D eigenvalue weighted by Crippen LogP contribution is 2.23. The molecule has 1 heterocycles. The van der Waals surface area contributed by atoms with Gasteiger partial charge in [-0.3, -0.25) is 0 Å². The van der Waals surface area contributed by atoms with Gasteiger partial charge in [0, 0.05) is 18.7 Å². The van der Waals surface area contributed by atoms with Gasteiger partial charge in [0.25, 0.3) is 0 Å². The van der Waals surface area contributed by atoms with Crippen LogP contribution in [0.2, 0.25) is 0 Å². The summed E-state index contributed by atoms with van der Waals surface area (Å²) in [6, 6.07) is 2.83. The van der Waals surface area contributed by atoms with E-state index in [9.17, 15) is 26.4 Å². The predicted molar refractivity (Wildman–Crippen MR) is 83.2 cm³/mol. The zero-order valence-corrected chi connectivity index (χ0v) is 14.2. The summed E-state index contributed by atoms with van der Waals surface area (Å²) in [4.78, 5) is 13.4. The molecule has 2 amide bonds. The first kappa shape index (κ1) is 19.3. The van der Waals surface area contributed by atoms with E-state index in [0.717, 1.165) is 6.07 Å². The third-order valence-electron chi connectivity index (χ3n) is 3.86. The molecule has 7 nitrogen and oxygen atoms in total. The van der Waals surface area contributed by atoms with Crippen molar-refractivity contribution in [1.29, 1.82) is 0 Å². The summed E-state index contributed by atoms with van der Waals surface area (Å²) in [5, 5.41) is 1.66. The van der Waals surface area contributed by atoms with Gasteiger partial charge in [0.1, 0.15) is 11.6 Å². The largest absolute Gasteiger partial charge is 0.434 e. The van der Waals surface area contributed by atoms with Crippen LogP contribution in [0.1, 0.15) is 12.0 Å². The fourth-order valence-electron chi connectivity index (χ4n) is 2.53. The van der Waals surface area contributed by atoms with Gasteiger partial charge in [0.15, 0.2) is 0 Å². The van der Waals surface area contributed by atoms with E-state index in [0.29, 0.717) is 0 Å². The Morgan fingerprint density at radius 1 is 1.44 bits per heavy atom. The summed E-state index contributed by atoms with van der Waals surface area (Å²) >= 11 is 0. The van der Waals surface area contributed by atoms with Crippen LogP contribution < -0.4 is 14.8 Å². The number of hydrogen-bond acceptors (Lipinski definition) is 4. The molecule has 2 N–H and O–H groups in total. The van der Waals surface area contributed by atoms with Crippen molar-refractivity contribution in [2.45, 2.75) is 24.8 Å². The van der Waals surface area contributed by atoms with Gasteiger partial charge < -0.3 is 15.0 Å². The van der Waals surface area contributed by atoms with E-state index in [2.05, 4.69) is 14.8 Å². The molecule has 0 radical (unpaired) electrons. The minimum atomic E-state index is -3.49. The number of likely N-dealkylation sites (tertiary alicyclic amines) is 1. The fourth-order valence-corrected chi connectivity index (χ4v) is 3.65. The summed E-state index contributed by atoms with van der Waals surface area (Å²) in [5.41, 5.74) is -0.213. The lowest BCUT2D eigenvalue weighted by Gasteiger charge is -2.18. The summed E-state index contributed by atoms with van der Waals surface area (Å²) in [7, 11) is -2.20. The highest BCUT2D eigenvalue weighted by Gasteiger charge is 2.34. The van der Waals surface area contributed by atoms with Crippen molar-refractivity contribution >= 4 is 16.1 Å². The average molecular weight is 381 g/mol. The minimum absolute atomic E-state index is 0.00727. The van der Waals surface area contributed by atoms with Gasteiger partial charge >= 0.3 is 12.6 Å². The van der Waals surface area contributed by atoms with Crippen LogP contribution in [0.4, 0.5) is 18.0 Å². The second-order valence-corrected chi connectivity index (χ2v) is 7.52. The number of nitrogens with zero attached hydrogens (tertiary/aromatic N) is 1. The lowest BCUT2D eigenvalue weighted by molar-refractivity contribution is -0.0506. The van der Waals surface area contributed by atoms with E-state index >= 15 is 0 Å². The van der Waals surface area contributed by atoms with Gasteiger partial charge in [0.2, 0.25) is 10.0 Å². The van der Waals surface area contributed by atoms with Gasteiger partial charge in [-0.25, -0.2) is 22.3 Å². The number of ether oxygens (including phenoxy) is 1. The van der Waals surface area contributed by atoms with Crippen LogP contribution in [-0.2, 0) is 16.6 Å². The van der Waals surface area contributed by atoms with Crippen molar-refractivity contribution in [3.63, 3.8) is 0 Å². The lowest BCUT2D eigenvalue weighted by atomic mass is 10.2. The van der Waals surface area contributed by atoms with Crippen molar-refractivity contribution in [3.8, 4) is 5.75 Å². The molecule has 0 saturated carbocycles. The second-order valence-electron chi connectivity index (χ2n) is 5.36. The molecule has 1 atom stereocenters. The third-order valence-corrected chi connectivity index (χ3v) is 5.70. The molecule has 1 unspecified atom stereocenters. The Morgan fingerprint density at radius 2 is 2.16 bits per heavy atom. The van der Waals surface area contributed by atoms with E-state index in [-0.39, 0.29) is 37.4 Å². The van der Waals surface area contributed by atoms with Crippen molar-refractivity contribution in [2.75, 3.05) is 20.1 Å². The number of halogens is 3. The van der Waals surface area contributed by atoms with Crippen LogP contribution in [0, 0.1) is 5.82 Å². The molecule has 1 fully saturated rings. The van der Waals surface area contributed by atoms with Crippen LogP contribution in [0.3, 0.4) is 0 Å². The molecule has 1 aliphatic heterocycles. The Labute approximate surface area is 143 Å². The second kappa shape index (κ2) is 7.91. The highest BCUT2D eigenvalue weighted by atomic mass is 32.2. The molecule has 2 rings (SSSR count). The summed E-state index contributed by atoms with van der Waals surface area (Å²) in [5.74, 6) is -1.16. The van der Waals surface area contributed by atoms with Crippen LogP contribution in [0.15, 0.2) is 18.2 Å². The number of nitrogens with one attached hydrogen (secondary N) is 2. The molecule has 0 spiro atoms. The zero-order valence-electron chi connectivity index (χ0n) is 13.3. The monoisotopic (exact) mass is 381 g/mol. The van der Waals surface area contributed by atoms with Gasteiger partial charge in [-0.15, -0.1) is 0 Å². The zero-order chi connectivity index (χ0) is 18.6. The Kier molecular flexibility index (Phi) is 6.11. The summed E-state index contributed by atoms with van der Waals surface area (Å²) in [6.45, 7) is -3.28. The van der Waals surface area contributed by atoms with Crippen LogP contribution in [0.5, 0.6) is 5.75 Å². The van der Waals surface area contributed by atoms with Gasteiger partial charge in [0.05, 0.1) is 11.8 Å². The molecule has 140 valence electrons. The SMILES string of the molecule is CNS(=O)(=O)C1CCN(C(=O)NCc2c(F)cccc2OC(F)F)C1. The molecular weight excluding hydrogens is 363 g/mol. The number of carbonyl (C=O) groups is 1. The number of urea groups is 1. The number of benzene rings is 1. The topological polar surface area (TPSA) is 87.7 Å². The molecule has 0 aliphatic carbocycles. The quantitative estimate of drug-likeness (QED) is 0.777.